The van der Waals surface area contributed by atoms with Gasteiger partial charge in [-0.15, -0.1) is 5.10 Å². The van der Waals surface area contributed by atoms with E-state index in [-0.39, 0.29) is 0 Å². The number of nitrogens with zero attached hydrogens (tertiary/aromatic N) is 5. The highest BCUT2D eigenvalue weighted by Crippen LogP contribution is 2.20. The zero-order valence-corrected chi connectivity index (χ0v) is 12.5. The van der Waals surface area contributed by atoms with Crippen LogP contribution in [0.4, 0.5) is 0 Å². The van der Waals surface area contributed by atoms with Crippen molar-refractivity contribution >= 4 is 27.5 Å². The summed E-state index contributed by atoms with van der Waals surface area (Å²) in [6.45, 7) is 0.383. The number of aromatic nitrogens is 5. The Labute approximate surface area is 127 Å². The molecule has 0 atom stereocenters. The first-order valence-corrected chi connectivity index (χ1v) is 7.28. The van der Waals surface area contributed by atoms with Crippen LogP contribution in [0.25, 0.3) is 11.4 Å². The molecule has 0 aliphatic carbocycles. The molecule has 0 N–H and O–H groups in total. The average Bonchev–Trinajstić information content (AvgIpc) is 3.08. The van der Waals surface area contributed by atoms with Crippen LogP contribution in [0.3, 0.4) is 0 Å². The fraction of sp³-hybridized carbons (Fsp3) is 0.167. The van der Waals surface area contributed by atoms with E-state index in [0.717, 1.165) is 11.3 Å². The molecule has 0 fully saturated rings. The van der Waals surface area contributed by atoms with Crippen LogP contribution < -0.4 is 0 Å². The van der Waals surface area contributed by atoms with E-state index >= 15 is 0 Å². The van der Waals surface area contributed by atoms with Gasteiger partial charge in [-0.1, -0.05) is 50.0 Å². The molecule has 0 saturated heterocycles. The lowest BCUT2D eigenvalue weighted by atomic mass is 10.2. The van der Waals surface area contributed by atoms with Gasteiger partial charge in [0.05, 0.1) is 5.69 Å². The first-order valence-electron chi connectivity index (χ1n) is 5.78. The number of hydrogen-bond acceptors (Lipinski definition) is 5. The predicted octanol–water partition coefficient (Wildman–Crippen LogP) is 2.92. The summed E-state index contributed by atoms with van der Waals surface area (Å²) >= 11 is 9.26. The van der Waals surface area contributed by atoms with E-state index in [1.165, 1.54) is 0 Å². The maximum absolute atomic E-state index is 5.94. The largest absolute Gasteiger partial charge is 0.337 e. The van der Waals surface area contributed by atoms with Gasteiger partial charge < -0.3 is 4.52 Å². The first kappa shape index (κ1) is 13.3. The lowest BCUT2D eigenvalue weighted by Gasteiger charge is -1.94. The molecule has 0 amide bonds. The van der Waals surface area contributed by atoms with Crippen molar-refractivity contribution in [3.8, 4) is 11.4 Å². The lowest BCUT2D eigenvalue weighted by molar-refractivity contribution is 0.364. The summed E-state index contributed by atoms with van der Waals surface area (Å²) in [5.74, 6) is 0.967. The van der Waals surface area contributed by atoms with Crippen LogP contribution in [0.2, 0.25) is 5.02 Å². The van der Waals surface area contributed by atoms with Crippen LogP contribution in [-0.2, 0) is 11.9 Å². The molecule has 3 rings (SSSR count). The molecule has 2 aromatic heterocycles. The molecule has 20 heavy (non-hydrogen) atoms. The SMILES string of the molecule is Clc1cccc(-c2noc(Cn3cc(CBr)nn3)n2)c1. The number of alkyl halides is 1. The molecule has 102 valence electrons. The van der Waals surface area contributed by atoms with Gasteiger partial charge in [0.25, 0.3) is 0 Å². The smallest absolute Gasteiger partial charge is 0.248 e. The second kappa shape index (κ2) is 5.72. The quantitative estimate of drug-likeness (QED) is 0.674. The molecular formula is C12H9BrClN5O. The van der Waals surface area contributed by atoms with Crippen molar-refractivity contribution in [2.75, 3.05) is 0 Å². The third-order valence-electron chi connectivity index (χ3n) is 2.57. The van der Waals surface area contributed by atoms with E-state index in [1.54, 1.807) is 16.8 Å². The Hall–Kier alpha value is -1.73. The van der Waals surface area contributed by atoms with Gasteiger partial charge in [0.2, 0.25) is 11.7 Å². The Bertz CT molecular complexity index is 726. The van der Waals surface area contributed by atoms with E-state index in [4.69, 9.17) is 16.1 Å². The molecule has 6 nitrogen and oxygen atoms in total. The zero-order valence-electron chi connectivity index (χ0n) is 10.2. The van der Waals surface area contributed by atoms with Gasteiger partial charge in [-0.2, -0.15) is 4.98 Å². The second-order valence-electron chi connectivity index (χ2n) is 4.06. The molecule has 3 aromatic rings. The van der Waals surface area contributed by atoms with Gasteiger partial charge in [0.1, 0.15) is 6.54 Å². The summed E-state index contributed by atoms with van der Waals surface area (Å²) < 4.78 is 6.85. The Kier molecular flexibility index (Phi) is 3.79. The molecule has 0 unspecified atom stereocenters. The third kappa shape index (κ3) is 2.88. The Morgan fingerprint density at radius 3 is 3.00 bits per heavy atom. The van der Waals surface area contributed by atoms with Gasteiger partial charge in [0, 0.05) is 22.1 Å². The highest BCUT2D eigenvalue weighted by Gasteiger charge is 2.10. The predicted molar refractivity (Wildman–Crippen MR) is 76.5 cm³/mol. The fourth-order valence-electron chi connectivity index (χ4n) is 1.68. The molecule has 8 heteroatoms. The molecular weight excluding hydrogens is 346 g/mol. The van der Waals surface area contributed by atoms with Gasteiger partial charge in [-0.25, -0.2) is 4.68 Å². The number of benzene rings is 1. The molecule has 2 heterocycles. The maximum Gasteiger partial charge on any atom is 0.248 e. The minimum absolute atomic E-state index is 0.383. The van der Waals surface area contributed by atoms with Crippen LogP contribution in [0.1, 0.15) is 11.6 Å². The van der Waals surface area contributed by atoms with Crippen molar-refractivity contribution in [1.82, 2.24) is 25.1 Å². The summed E-state index contributed by atoms with van der Waals surface area (Å²) in [5, 5.41) is 13.2. The van der Waals surface area contributed by atoms with Crippen molar-refractivity contribution in [2.24, 2.45) is 0 Å². The average molecular weight is 355 g/mol. The lowest BCUT2D eigenvalue weighted by Crippen LogP contribution is -2.00. The summed E-state index contributed by atoms with van der Waals surface area (Å²) in [6, 6.07) is 7.30. The summed E-state index contributed by atoms with van der Waals surface area (Å²) in [5.41, 5.74) is 1.66. The van der Waals surface area contributed by atoms with Crippen molar-refractivity contribution in [1.29, 1.82) is 0 Å². The molecule has 0 bridgehead atoms. The van der Waals surface area contributed by atoms with E-state index in [9.17, 15) is 0 Å². The van der Waals surface area contributed by atoms with Gasteiger partial charge in [-0.05, 0) is 12.1 Å². The highest BCUT2D eigenvalue weighted by molar-refractivity contribution is 9.08. The van der Waals surface area contributed by atoms with Crippen LogP contribution >= 0.6 is 27.5 Å². The molecule has 0 radical (unpaired) electrons. The van der Waals surface area contributed by atoms with Crippen molar-refractivity contribution < 1.29 is 4.52 Å². The van der Waals surface area contributed by atoms with Crippen LogP contribution in [0.15, 0.2) is 35.0 Å². The van der Waals surface area contributed by atoms with E-state index in [0.29, 0.717) is 28.6 Å². The number of halogens is 2. The molecule has 0 aliphatic rings. The maximum atomic E-state index is 5.94. The van der Waals surface area contributed by atoms with Crippen molar-refractivity contribution in [2.45, 2.75) is 11.9 Å². The van der Waals surface area contributed by atoms with Crippen LogP contribution in [0.5, 0.6) is 0 Å². The second-order valence-corrected chi connectivity index (χ2v) is 5.06. The summed E-state index contributed by atoms with van der Waals surface area (Å²) in [7, 11) is 0. The van der Waals surface area contributed by atoms with Gasteiger partial charge >= 0.3 is 0 Å². The molecule has 0 spiro atoms. The minimum Gasteiger partial charge on any atom is -0.337 e. The third-order valence-corrected chi connectivity index (χ3v) is 3.38. The Balaban J connectivity index is 1.80. The number of hydrogen-bond donors (Lipinski definition) is 0. The van der Waals surface area contributed by atoms with Gasteiger partial charge in [0.15, 0.2) is 0 Å². The van der Waals surface area contributed by atoms with Crippen molar-refractivity contribution in [3.05, 3.63) is 47.1 Å². The molecule has 0 saturated carbocycles. The fourth-order valence-corrected chi connectivity index (χ4v) is 2.13. The van der Waals surface area contributed by atoms with Crippen LogP contribution in [0, 0.1) is 0 Å². The van der Waals surface area contributed by atoms with E-state index in [2.05, 4.69) is 36.4 Å². The normalized spacial score (nSPS) is 10.9. The summed E-state index contributed by atoms with van der Waals surface area (Å²) in [4.78, 5) is 4.32. The van der Waals surface area contributed by atoms with Gasteiger partial charge in [-0.3, -0.25) is 0 Å². The van der Waals surface area contributed by atoms with E-state index in [1.807, 2.05) is 18.3 Å². The standard InChI is InChI=1S/C12H9BrClN5O/c13-5-10-6-19(18-16-10)7-11-15-12(17-20-11)8-2-1-3-9(14)4-8/h1-4,6H,5,7H2. The highest BCUT2D eigenvalue weighted by atomic mass is 79.9. The summed E-state index contributed by atoms with van der Waals surface area (Å²) in [6.07, 6.45) is 1.82. The van der Waals surface area contributed by atoms with E-state index < -0.39 is 0 Å². The Morgan fingerprint density at radius 2 is 2.25 bits per heavy atom. The van der Waals surface area contributed by atoms with Crippen molar-refractivity contribution in [3.63, 3.8) is 0 Å². The molecule has 1 aromatic carbocycles. The number of rotatable bonds is 4. The zero-order chi connectivity index (χ0) is 13.9. The molecule has 0 aliphatic heterocycles. The first-order chi connectivity index (χ1) is 9.74. The Morgan fingerprint density at radius 1 is 1.35 bits per heavy atom. The minimum atomic E-state index is 0.383. The monoisotopic (exact) mass is 353 g/mol. The van der Waals surface area contributed by atoms with Crippen LogP contribution in [-0.4, -0.2) is 25.1 Å². The topological polar surface area (TPSA) is 69.6 Å².